The Morgan fingerprint density at radius 3 is 1.10 bits per heavy atom. The largest absolute Gasteiger partial charge is 0.361 e. The van der Waals surface area contributed by atoms with E-state index in [-0.39, 0.29) is 7.43 Å². The van der Waals surface area contributed by atoms with Gasteiger partial charge in [0.25, 0.3) is 25.3 Å². The van der Waals surface area contributed by atoms with Gasteiger partial charge in [0.15, 0.2) is 14.1 Å². The lowest BCUT2D eigenvalue weighted by Gasteiger charge is -1.80. The minimum Gasteiger partial charge on any atom is -0.240 e. The third-order valence-corrected chi connectivity index (χ3v) is 3.20. The zero-order valence-electron chi connectivity index (χ0n) is 18.1. The first kappa shape index (κ1) is 25.9. The molecule has 2 aliphatic rings. The average Bonchev–Trinajstić information content (AvgIpc) is 3.37. The number of rotatable bonds is 0. The maximum absolute atomic E-state index is 3.93. The van der Waals surface area contributed by atoms with Gasteiger partial charge in [-0.25, -0.2) is 18.9 Å². The van der Waals surface area contributed by atoms with Crippen molar-refractivity contribution in [2.75, 3.05) is 28.2 Å². The van der Waals surface area contributed by atoms with Gasteiger partial charge < -0.3 is 0 Å². The second-order valence-electron chi connectivity index (χ2n) is 6.55. The fourth-order valence-corrected chi connectivity index (χ4v) is 2.06. The van der Waals surface area contributed by atoms with E-state index in [1.54, 1.807) is 31.4 Å². The first-order valence-corrected chi connectivity index (χ1v) is 8.74. The second kappa shape index (κ2) is 13.1. The molecule has 2 atom stereocenters. The molecule has 160 valence electrons. The molecule has 2 unspecified atom stereocenters. The van der Waals surface area contributed by atoms with Gasteiger partial charge >= 0.3 is 12.7 Å². The SMILES string of the molecule is C.C[N+]1=C[NH+](C)C=N1.C[N+]1=C[NH+](C)C=N1.Cn1c[n+](C)cn1.Cn1c[n+](C)cn1. The Bertz CT molecular complexity index is 739. The fraction of sp³-hybridized carbons (Fsp3) is 0.529. The second-order valence-corrected chi connectivity index (χ2v) is 6.55. The number of nitrogens with zero attached hydrogens (tertiary/aromatic N) is 10. The molecule has 2 aliphatic heterocycles. The average molecular weight is 411 g/mol. The predicted octanol–water partition coefficient (Wildman–Crippen LogP) is -4.62. The molecule has 0 aromatic carbocycles. The molecule has 2 aromatic heterocycles. The Labute approximate surface area is 173 Å². The zero-order chi connectivity index (χ0) is 21.1. The van der Waals surface area contributed by atoms with Crippen LogP contribution in [0, 0.1) is 0 Å². The number of aromatic nitrogens is 6. The van der Waals surface area contributed by atoms with Crippen molar-refractivity contribution >= 4 is 25.4 Å². The monoisotopic (exact) mass is 410 g/mol. The summed E-state index contributed by atoms with van der Waals surface area (Å²) in [7, 11) is 15.5. The number of hydrogen-bond acceptors (Lipinski definition) is 4. The predicted molar refractivity (Wildman–Crippen MR) is 111 cm³/mol. The molecule has 0 saturated carbocycles. The molecule has 0 spiro atoms. The van der Waals surface area contributed by atoms with Crippen LogP contribution in [0.5, 0.6) is 0 Å². The molecule has 29 heavy (non-hydrogen) atoms. The van der Waals surface area contributed by atoms with Crippen LogP contribution in [0.3, 0.4) is 0 Å². The van der Waals surface area contributed by atoms with Crippen LogP contribution in [0.25, 0.3) is 0 Å². The van der Waals surface area contributed by atoms with E-state index in [2.05, 4.69) is 20.4 Å². The van der Waals surface area contributed by atoms with Gasteiger partial charge in [0.05, 0.1) is 52.5 Å². The highest BCUT2D eigenvalue weighted by molar-refractivity contribution is 5.57. The van der Waals surface area contributed by atoms with Crippen LogP contribution in [-0.2, 0) is 28.2 Å². The fourth-order valence-electron chi connectivity index (χ4n) is 2.06. The summed E-state index contributed by atoms with van der Waals surface area (Å²) in [5, 5.41) is 15.7. The van der Waals surface area contributed by atoms with Crippen LogP contribution in [-0.4, -0.2) is 82.5 Å². The number of aryl methyl sites for hydroxylation is 4. The number of hydrogen-bond donors (Lipinski definition) is 2. The zero-order valence-corrected chi connectivity index (χ0v) is 18.1. The summed E-state index contributed by atoms with van der Waals surface area (Å²) in [4.78, 5) is 2.42. The number of quaternary nitrogens is 2. The van der Waals surface area contributed by atoms with E-state index in [1.165, 1.54) is 9.80 Å². The standard InChI is InChI=1S/4C4H8N3.CH4/c4*1-6-3-5-7(2)4-6;/h4*3-4H,1-2H3;1H4/q4*+1;/p+2. The minimum atomic E-state index is 0. The van der Waals surface area contributed by atoms with Crippen molar-refractivity contribution in [2.45, 2.75) is 7.43 Å². The van der Waals surface area contributed by atoms with E-state index in [0.717, 1.165) is 0 Å². The van der Waals surface area contributed by atoms with Crippen LogP contribution in [0.15, 0.2) is 35.5 Å². The number of hydrazone groups is 2. The summed E-state index contributed by atoms with van der Waals surface area (Å²) in [6.45, 7) is 0. The van der Waals surface area contributed by atoms with Crippen molar-refractivity contribution in [3.8, 4) is 0 Å². The third kappa shape index (κ3) is 12.0. The van der Waals surface area contributed by atoms with Crippen molar-refractivity contribution in [3.63, 3.8) is 0 Å². The van der Waals surface area contributed by atoms with Crippen LogP contribution in [0.1, 0.15) is 7.43 Å². The summed E-state index contributed by atoms with van der Waals surface area (Å²) < 4.78 is 10.9. The van der Waals surface area contributed by atoms with E-state index in [9.17, 15) is 0 Å². The molecule has 4 rings (SSSR count). The molecule has 0 aliphatic carbocycles. The maximum Gasteiger partial charge on any atom is 0.361 e. The van der Waals surface area contributed by atoms with Gasteiger partial charge in [0.2, 0.25) is 12.7 Å². The molecule has 12 nitrogen and oxygen atoms in total. The Morgan fingerprint density at radius 1 is 0.690 bits per heavy atom. The van der Waals surface area contributed by atoms with Gasteiger partial charge in [-0.2, -0.15) is 0 Å². The molecule has 12 heteroatoms. The minimum absolute atomic E-state index is 0. The van der Waals surface area contributed by atoms with Gasteiger partial charge in [-0.1, -0.05) is 7.43 Å². The molecule has 0 saturated heterocycles. The molecule has 2 N–H and O–H groups in total. The van der Waals surface area contributed by atoms with E-state index in [1.807, 2.05) is 104 Å². The van der Waals surface area contributed by atoms with Gasteiger partial charge in [0, 0.05) is 10.2 Å². The van der Waals surface area contributed by atoms with Gasteiger partial charge in [-0.15, -0.1) is 9.36 Å². The summed E-state index contributed by atoms with van der Waals surface area (Å²) >= 11 is 0. The van der Waals surface area contributed by atoms with Gasteiger partial charge in [-0.05, 0) is 9.37 Å². The molecule has 4 heterocycles. The lowest BCUT2D eigenvalue weighted by Crippen LogP contribution is -3.06. The quantitative estimate of drug-likeness (QED) is 0.429. The molecule has 0 bridgehead atoms. The topological polar surface area (TPSA) is 83.0 Å². The summed E-state index contributed by atoms with van der Waals surface area (Å²) in [5.41, 5.74) is 0. The Kier molecular flexibility index (Phi) is 11.7. The first-order chi connectivity index (χ1) is 13.2. The highest BCUT2D eigenvalue weighted by atomic mass is 15.5. The van der Waals surface area contributed by atoms with Crippen molar-refractivity contribution < 1.29 is 28.3 Å². The van der Waals surface area contributed by atoms with Gasteiger partial charge in [0.1, 0.15) is 0 Å². The van der Waals surface area contributed by atoms with Gasteiger partial charge in [-0.3, -0.25) is 0 Å². The third-order valence-electron chi connectivity index (χ3n) is 3.20. The highest BCUT2D eigenvalue weighted by Crippen LogP contribution is 1.63. The lowest BCUT2D eigenvalue weighted by molar-refractivity contribution is -0.678. The Morgan fingerprint density at radius 2 is 1.03 bits per heavy atom. The van der Waals surface area contributed by atoms with E-state index < -0.39 is 0 Å². The summed E-state index contributed by atoms with van der Waals surface area (Å²) in [6.07, 6.45) is 14.9. The summed E-state index contributed by atoms with van der Waals surface area (Å²) in [5.74, 6) is 0. The summed E-state index contributed by atoms with van der Waals surface area (Å²) in [6, 6.07) is 0. The van der Waals surface area contributed by atoms with E-state index >= 15 is 0 Å². The normalized spacial score (nSPS) is 18.2. The molecular weight excluding hydrogens is 372 g/mol. The van der Waals surface area contributed by atoms with Crippen molar-refractivity contribution in [1.29, 1.82) is 0 Å². The van der Waals surface area contributed by atoms with Crippen molar-refractivity contribution in [3.05, 3.63) is 25.3 Å². The highest BCUT2D eigenvalue weighted by Gasteiger charge is 2.09. The molecule has 2 aromatic rings. The Balaban J connectivity index is 0.000000356. The molecular formula is C17H38N12+6. The van der Waals surface area contributed by atoms with E-state index in [0.29, 0.717) is 0 Å². The number of nitrogens with one attached hydrogen (secondary N) is 2. The lowest BCUT2D eigenvalue weighted by atomic mass is 10.9. The molecule has 0 radical (unpaired) electrons. The maximum atomic E-state index is 3.93. The van der Waals surface area contributed by atoms with Crippen molar-refractivity contribution in [2.24, 2.45) is 38.4 Å². The van der Waals surface area contributed by atoms with Crippen LogP contribution >= 0.6 is 0 Å². The van der Waals surface area contributed by atoms with Crippen LogP contribution < -0.4 is 18.9 Å². The molecule has 0 amide bonds. The van der Waals surface area contributed by atoms with Crippen LogP contribution in [0.4, 0.5) is 0 Å². The van der Waals surface area contributed by atoms with E-state index in [4.69, 9.17) is 0 Å². The first-order valence-electron chi connectivity index (χ1n) is 8.74. The smallest absolute Gasteiger partial charge is 0.240 e. The Hall–Kier alpha value is -3.12. The molecule has 0 fully saturated rings. The van der Waals surface area contributed by atoms with Crippen LogP contribution in [0.2, 0.25) is 0 Å². The van der Waals surface area contributed by atoms with Crippen molar-refractivity contribution in [1.82, 2.24) is 19.6 Å².